The first kappa shape index (κ1) is 22.9. The van der Waals surface area contributed by atoms with E-state index in [9.17, 15) is 9.59 Å². The Bertz CT molecular complexity index is 1220. The highest BCUT2D eigenvalue weighted by atomic mass is 16.5. The lowest BCUT2D eigenvalue weighted by molar-refractivity contribution is 0.0663. The van der Waals surface area contributed by atoms with Gasteiger partial charge in [0, 0.05) is 13.7 Å². The molecule has 33 heavy (non-hydrogen) atoms. The summed E-state index contributed by atoms with van der Waals surface area (Å²) in [7, 11) is 3.15. The van der Waals surface area contributed by atoms with Crippen molar-refractivity contribution in [3.05, 3.63) is 69.6 Å². The molecular weight excluding hydrogens is 422 g/mol. The summed E-state index contributed by atoms with van der Waals surface area (Å²) in [4.78, 5) is 28.4. The summed E-state index contributed by atoms with van der Waals surface area (Å²) in [5.41, 5.74) is 1.27. The Hall–Kier alpha value is -3.32. The van der Waals surface area contributed by atoms with Crippen LogP contribution in [-0.2, 0) is 4.74 Å². The molecule has 3 aromatic rings. The Balaban J connectivity index is 1.80. The van der Waals surface area contributed by atoms with E-state index in [0.29, 0.717) is 53.7 Å². The van der Waals surface area contributed by atoms with Gasteiger partial charge in [-0.05, 0) is 42.2 Å². The molecule has 0 N–H and O–H groups in total. The number of hydrogen-bond donors (Lipinski definition) is 0. The summed E-state index contributed by atoms with van der Waals surface area (Å²) >= 11 is 0. The number of carbonyl (C=O) groups is 1. The van der Waals surface area contributed by atoms with Crippen LogP contribution < -0.4 is 14.9 Å². The van der Waals surface area contributed by atoms with Crippen molar-refractivity contribution in [2.75, 3.05) is 34.0 Å². The van der Waals surface area contributed by atoms with E-state index in [4.69, 9.17) is 18.6 Å². The number of nitrogens with zero attached hydrogens (tertiary/aromatic N) is 1. The normalized spacial score (nSPS) is 15.4. The van der Waals surface area contributed by atoms with Crippen molar-refractivity contribution < 1.29 is 23.4 Å². The van der Waals surface area contributed by atoms with Gasteiger partial charge in [-0.2, -0.15) is 0 Å². The predicted octanol–water partition coefficient (Wildman–Crippen LogP) is 4.42. The first-order valence-electron chi connectivity index (χ1n) is 11.1. The lowest BCUT2D eigenvalue weighted by atomic mass is 9.98. The number of amides is 1. The molecule has 1 aromatic heterocycles. The minimum absolute atomic E-state index is 0.0797. The van der Waals surface area contributed by atoms with Gasteiger partial charge in [-0.15, -0.1) is 0 Å². The number of para-hydroxylation sites is 1. The number of rotatable bonds is 9. The van der Waals surface area contributed by atoms with E-state index in [2.05, 4.69) is 13.8 Å². The van der Waals surface area contributed by atoms with Crippen LogP contribution in [0.5, 0.6) is 11.5 Å². The van der Waals surface area contributed by atoms with Crippen LogP contribution in [-0.4, -0.2) is 44.8 Å². The molecule has 1 atom stereocenters. The van der Waals surface area contributed by atoms with Crippen molar-refractivity contribution in [1.82, 2.24) is 4.90 Å². The summed E-state index contributed by atoms with van der Waals surface area (Å²) in [6, 6.07) is 11.9. The van der Waals surface area contributed by atoms with Crippen LogP contribution in [0.15, 0.2) is 51.7 Å². The number of ether oxygens (including phenoxy) is 3. The first-order valence-corrected chi connectivity index (χ1v) is 11.1. The van der Waals surface area contributed by atoms with Crippen LogP contribution in [0.4, 0.5) is 0 Å². The van der Waals surface area contributed by atoms with Crippen LogP contribution in [0.2, 0.25) is 0 Å². The zero-order chi connectivity index (χ0) is 23.5. The van der Waals surface area contributed by atoms with Crippen molar-refractivity contribution in [3.63, 3.8) is 0 Å². The molecule has 7 nitrogen and oxygen atoms in total. The molecular formula is C26H29NO6. The van der Waals surface area contributed by atoms with Crippen LogP contribution in [0.3, 0.4) is 0 Å². The molecule has 2 aromatic carbocycles. The van der Waals surface area contributed by atoms with E-state index in [0.717, 1.165) is 12.0 Å². The molecule has 0 aliphatic carbocycles. The van der Waals surface area contributed by atoms with Crippen molar-refractivity contribution in [3.8, 4) is 11.5 Å². The highest BCUT2D eigenvalue weighted by molar-refractivity contribution is 5.99. The summed E-state index contributed by atoms with van der Waals surface area (Å²) in [5, 5.41) is 0.447. The second kappa shape index (κ2) is 9.67. The van der Waals surface area contributed by atoms with E-state index < -0.39 is 6.04 Å². The number of benzene rings is 2. The van der Waals surface area contributed by atoms with Crippen molar-refractivity contribution in [2.24, 2.45) is 5.92 Å². The fourth-order valence-electron chi connectivity index (χ4n) is 4.11. The molecule has 0 spiro atoms. The van der Waals surface area contributed by atoms with E-state index >= 15 is 0 Å². The third-order valence-corrected chi connectivity index (χ3v) is 5.87. The molecule has 0 bridgehead atoms. The number of hydrogen-bond acceptors (Lipinski definition) is 6. The molecule has 0 fully saturated rings. The summed E-state index contributed by atoms with van der Waals surface area (Å²) < 4.78 is 22.6. The molecule has 2 heterocycles. The van der Waals surface area contributed by atoms with Crippen molar-refractivity contribution >= 4 is 16.9 Å². The van der Waals surface area contributed by atoms with Gasteiger partial charge in [0.05, 0.1) is 37.3 Å². The molecule has 0 saturated heterocycles. The minimum Gasteiger partial charge on any atom is -0.493 e. The lowest BCUT2D eigenvalue weighted by Gasteiger charge is -2.25. The Morgan fingerprint density at radius 3 is 2.55 bits per heavy atom. The third kappa shape index (κ3) is 4.33. The standard InChI is InChI=1S/C26H29NO6/c1-16(2)11-13-32-20-10-9-17(15-21(20)31-4)23-22-24(28)18-7-5-6-8-19(18)33-25(22)26(29)27(23)12-14-30-3/h5-10,15-16,23H,11-14H2,1-4H3. The second-order valence-electron chi connectivity index (χ2n) is 8.51. The molecule has 0 saturated carbocycles. The third-order valence-electron chi connectivity index (χ3n) is 5.87. The Morgan fingerprint density at radius 1 is 1.03 bits per heavy atom. The van der Waals surface area contributed by atoms with Gasteiger partial charge in [0.15, 0.2) is 16.9 Å². The molecule has 1 unspecified atom stereocenters. The smallest absolute Gasteiger partial charge is 0.290 e. The maximum absolute atomic E-state index is 13.5. The van der Waals surface area contributed by atoms with Gasteiger partial charge in [0.1, 0.15) is 5.58 Å². The van der Waals surface area contributed by atoms with Gasteiger partial charge in [0.25, 0.3) is 5.91 Å². The van der Waals surface area contributed by atoms with E-state index in [1.807, 2.05) is 18.2 Å². The van der Waals surface area contributed by atoms with Crippen molar-refractivity contribution in [2.45, 2.75) is 26.3 Å². The Labute approximate surface area is 192 Å². The maximum Gasteiger partial charge on any atom is 0.290 e. The molecule has 1 aliphatic rings. The second-order valence-corrected chi connectivity index (χ2v) is 8.51. The van der Waals surface area contributed by atoms with Crippen molar-refractivity contribution in [1.29, 1.82) is 0 Å². The summed E-state index contributed by atoms with van der Waals surface area (Å²) in [6.07, 6.45) is 0.925. The van der Waals surface area contributed by atoms with Gasteiger partial charge in [0.2, 0.25) is 5.76 Å². The summed E-state index contributed by atoms with van der Waals surface area (Å²) in [5.74, 6) is 1.45. The topological polar surface area (TPSA) is 78.2 Å². The Kier molecular flexibility index (Phi) is 6.70. The van der Waals surface area contributed by atoms with Crippen LogP contribution >= 0.6 is 0 Å². The van der Waals surface area contributed by atoms with Gasteiger partial charge < -0.3 is 23.5 Å². The van der Waals surface area contributed by atoms with Crippen LogP contribution in [0.25, 0.3) is 11.0 Å². The number of carbonyl (C=O) groups excluding carboxylic acids is 1. The van der Waals surface area contributed by atoms with E-state index in [-0.39, 0.29) is 17.1 Å². The average molecular weight is 452 g/mol. The number of fused-ring (bicyclic) bond motifs is 2. The lowest BCUT2D eigenvalue weighted by Crippen LogP contribution is -2.32. The SMILES string of the molecule is COCCN1C(=O)c2oc3ccccc3c(=O)c2C1c1ccc(OCCC(C)C)c(OC)c1. The molecule has 7 heteroatoms. The number of methoxy groups -OCH3 is 2. The van der Waals surface area contributed by atoms with Crippen LogP contribution in [0.1, 0.15) is 48.0 Å². The highest BCUT2D eigenvalue weighted by Crippen LogP contribution is 2.40. The Morgan fingerprint density at radius 2 is 1.82 bits per heavy atom. The highest BCUT2D eigenvalue weighted by Gasteiger charge is 2.42. The largest absolute Gasteiger partial charge is 0.493 e. The quantitative estimate of drug-likeness (QED) is 0.479. The molecule has 0 radical (unpaired) electrons. The maximum atomic E-state index is 13.5. The van der Waals surface area contributed by atoms with Gasteiger partial charge in [-0.3, -0.25) is 9.59 Å². The zero-order valence-corrected chi connectivity index (χ0v) is 19.4. The fourth-order valence-corrected chi connectivity index (χ4v) is 4.11. The minimum atomic E-state index is -0.609. The van der Waals surface area contributed by atoms with Gasteiger partial charge in [-0.1, -0.05) is 32.0 Å². The molecule has 1 aliphatic heterocycles. The predicted molar refractivity (Wildman–Crippen MR) is 125 cm³/mol. The summed E-state index contributed by atoms with van der Waals surface area (Å²) in [6.45, 7) is 5.50. The monoisotopic (exact) mass is 451 g/mol. The fraction of sp³-hybridized carbons (Fsp3) is 0.385. The average Bonchev–Trinajstić information content (AvgIpc) is 3.09. The van der Waals surface area contributed by atoms with Gasteiger partial charge >= 0.3 is 0 Å². The molecule has 4 rings (SSSR count). The van der Waals surface area contributed by atoms with Gasteiger partial charge in [-0.25, -0.2) is 0 Å². The molecule has 1 amide bonds. The van der Waals surface area contributed by atoms with Crippen LogP contribution in [0, 0.1) is 5.92 Å². The zero-order valence-electron chi connectivity index (χ0n) is 19.4. The van der Waals surface area contributed by atoms with E-state index in [1.54, 1.807) is 43.4 Å². The first-order chi connectivity index (χ1) is 16.0. The molecule has 174 valence electrons. The van der Waals surface area contributed by atoms with E-state index in [1.165, 1.54) is 0 Å².